The molecular weight excluding hydrogens is 280 g/mol. The van der Waals surface area contributed by atoms with Gasteiger partial charge in [-0.3, -0.25) is 9.89 Å². The van der Waals surface area contributed by atoms with Gasteiger partial charge in [-0.15, -0.1) is 0 Å². The van der Waals surface area contributed by atoms with E-state index in [0.717, 1.165) is 4.68 Å². The second-order valence-electron chi connectivity index (χ2n) is 3.90. The number of phenolic OH excluding ortho intramolecular Hbond substituents is 1. The number of benzene rings is 1. The van der Waals surface area contributed by atoms with Crippen LogP contribution in [0.3, 0.4) is 0 Å². The lowest BCUT2D eigenvalue weighted by atomic mass is 10.2. The number of phenols is 1. The Morgan fingerprint density at radius 3 is 3.00 bits per heavy atom. The van der Waals surface area contributed by atoms with Gasteiger partial charge in [0.25, 0.3) is 5.56 Å². The van der Waals surface area contributed by atoms with Crippen LogP contribution in [-0.2, 0) is 0 Å². The minimum atomic E-state index is -0.424. The summed E-state index contributed by atoms with van der Waals surface area (Å²) in [6.45, 7) is 1.54. The van der Waals surface area contributed by atoms with Crippen LogP contribution in [0.15, 0.2) is 28.1 Å². The number of ether oxygens (including phenoxy) is 1. The molecule has 0 fully saturated rings. The number of nitrogens with one attached hydrogen (secondary N) is 1. The van der Waals surface area contributed by atoms with Crippen molar-refractivity contribution in [2.75, 3.05) is 7.11 Å². The van der Waals surface area contributed by atoms with Gasteiger partial charge in [-0.05, 0) is 37.3 Å². The van der Waals surface area contributed by atoms with Crippen molar-refractivity contribution in [2.45, 2.75) is 6.92 Å². The molecule has 0 bridgehead atoms. The first-order chi connectivity index (χ1) is 9.52. The Morgan fingerprint density at radius 1 is 1.55 bits per heavy atom. The van der Waals surface area contributed by atoms with Gasteiger partial charge < -0.3 is 9.84 Å². The Morgan fingerprint density at radius 2 is 2.30 bits per heavy atom. The van der Waals surface area contributed by atoms with Crippen molar-refractivity contribution in [2.24, 2.45) is 5.10 Å². The van der Waals surface area contributed by atoms with Gasteiger partial charge in [-0.2, -0.15) is 14.9 Å². The Labute approximate surface area is 119 Å². The van der Waals surface area contributed by atoms with Gasteiger partial charge in [0.05, 0.1) is 13.3 Å². The van der Waals surface area contributed by atoms with Crippen LogP contribution in [-0.4, -0.2) is 33.3 Å². The van der Waals surface area contributed by atoms with Gasteiger partial charge >= 0.3 is 0 Å². The second-order valence-corrected chi connectivity index (χ2v) is 4.29. The van der Waals surface area contributed by atoms with Gasteiger partial charge in [-0.25, -0.2) is 0 Å². The fraction of sp³-hybridized carbons (Fsp3) is 0.167. The molecule has 104 valence electrons. The van der Waals surface area contributed by atoms with Crippen molar-refractivity contribution in [3.8, 4) is 11.5 Å². The molecule has 0 saturated heterocycles. The molecule has 2 N–H and O–H groups in total. The fourth-order valence-electron chi connectivity index (χ4n) is 1.46. The molecule has 0 aliphatic carbocycles. The van der Waals surface area contributed by atoms with Gasteiger partial charge in [-0.1, -0.05) is 0 Å². The first kappa shape index (κ1) is 13.9. The lowest BCUT2D eigenvalue weighted by molar-refractivity contribution is 0.412. The van der Waals surface area contributed by atoms with E-state index in [2.05, 4.69) is 15.3 Å². The molecule has 7 nitrogen and oxygen atoms in total. The zero-order valence-electron chi connectivity index (χ0n) is 10.8. The van der Waals surface area contributed by atoms with E-state index in [-0.39, 0.29) is 16.2 Å². The van der Waals surface area contributed by atoms with Crippen LogP contribution in [0.25, 0.3) is 0 Å². The fourth-order valence-corrected chi connectivity index (χ4v) is 1.64. The molecular formula is C12H12N4O3S. The number of aromatic nitrogens is 3. The first-order valence-electron chi connectivity index (χ1n) is 5.62. The van der Waals surface area contributed by atoms with Crippen molar-refractivity contribution < 1.29 is 9.84 Å². The Balaban J connectivity index is 2.47. The average Bonchev–Trinajstić information content (AvgIpc) is 2.45. The SMILES string of the molecule is COc1ccc(O)c(/C=N/n2c(=S)[nH]nc(C)c2=O)c1. The van der Waals surface area contributed by atoms with Gasteiger partial charge in [0, 0.05) is 5.56 Å². The largest absolute Gasteiger partial charge is 0.507 e. The van der Waals surface area contributed by atoms with Crippen molar-refractivity contribution >= 4 is 18.4 Å². The van der Waals surface area contributed by atoms with Crippen LogP contribution in [0.5, 0.6) is 11.5 Å². The van der Waals surface area contributed by atoms with Crippen LogP contribution in [0.2, 0.25) is 0 Å². The van der Waals surface area contributed by atoms with Gasteiger partial charge in [0.15, 0.2) is 0 Å². The number of hydrogen-bond acceptors (Lipinski definition) is 6. The lowest BCUT2D eigenvalue weighted by Gasteiger charge is -2.03. The van der Waals surface area contributed by atoms with E-state index in [4.69, 9.17) is 17.0 Å². The number of methoxy groups -OCH3 is 1. The maximum atomic E-state index is 11.8. The Hall–Kier alpha value is -2.48. The molecule has 0 aliphatic rings. The maximum absolute atomic E-state index is 11.8. The molecule has 1 aromatic heterocycles. The summed E-state index contributed by atoms with van der Waals surface area (Å²) < 4.78 is 6.12. The monoisotopic (exact) mass is 292 g/mol. The smallest absolute Gasteiger partial charge is 0.296 e. The minimum Gasteiger partial charge on any atom is -0.507 e. The number of aromatic hydroxyl groups is 1. The Bertz CT molecular complexity index is 779. The second kappa shape index (κ2) is 5.66. The molecule has 0 radical (unpaired) electrons. The number of rotatable bonds is 3. The van der Waals surface area contributed by atoms with E-state index in [1.165, 1.54) is 19.4 Å². The van der Waals surface area contributed by atoms with Crippen LogP contribution in [0.1, 0.15) is 11.3 Å². The summed E-state index contributed by atoms with van der Waals surface area (Å²) >= 11 is 4.94. The zero-order valence-corrected chi connectivity index (χ0v) is 11.6. The highest BCUT2D eigenvalue weighted by Gasteiger charge is 2.03. The lowest BCUT2D eigenvalue weighted by Crippen LogP contribution is -2.22. The minimum absolute atomic E-state index is 0.0169. The highest BCUT2D eigenvalue weighted by Crippen LogP contribution is 2.20. The summed E-state index contributed by atoms with van der Waals surface area (Å²) in [5, 5.41) is 19.9. The number of H-pyrrole nitrogens is 1. The van der Waals surface area contributed by atoms with Crippen LogP contribution >= 0.6 is 12.2 Å². The molecule has 0 unspecified atom stereocenters. The summed E-state index contributed by atoms with van der Waals surface area (Å²) in [6.07, 6.45) is 1.32. The average molecular weight is 292 g/mol. The topological polar surface area (TPSA) is 92.5 Å². The molecule has 0 spiro atoms. The van der Waals surface area contributed by atoms with E-state index in [0.29, 0.717) is 11.3 Å². The summed E-state index contributed by atoms with van der Waals surface area (Å²) in [7, 11) is 1.51. The number of aryl methyl sites for hydroxylation is 1. The van der Waals surface area contributed by atoms with E-state index < -0.39 is 5.56 Å². The normalized spacial score (nSPS) is 10.9. The number of aromatic amines is 1. The molecule has 0 aliphatic heterocycles. The van der Waals surface area contributed by atoms with Crippen molar-refractivity contribution in [3.63, 3.8) is 0 Å². The summed E-state index contributed by atoms with van der Waals surface area (Å²) in [5.74, 6) is 0.580. The number of nitrogens with zero attached hydrogens (tertiary/aromatic N) is 3. The van der Waals surface area contributed by atoms with Crippen LogP contribution in [0.4, 0.5) is 0 Å². The predicted octanol–water partition coefficient (Wildman–Crippen LogP) is 1.21. The molecule has 2 aromatic rings. The molecule has 1 aromatic carbocycles. The quantitative estimate of drug-likeness (QED) is 0.655. The predicted molar refractivity (Wildman–Crippen MR) is 76.1 cm³/mol. The van der Waals surface area contributed by atoms with Crippen molar-refractivity contribution in [3.05, 3.63) is 44.6 Å². The van der Waals surface area contributed by atoms with Crippen molar-refractivity contribution in [1.82, 2.24) is 14.9 Å². The van der Waals surface area contributed by atoms with E-state index >= 15 is 0 Å². The molecule has 20 heavy (non-hydrogen) atoms. The first-order valence-corrected chi connectivity index (χ1v) is 6.03. The third-order valence-corrected chi connectivity index (χ3v) is 2.82. The molecule has 1 heterocycles. The summed E-state index contributed by atoms with van der Waals surface area (Å²) in [4.78, 5) is 11.8. The van der Waals surface area contributed by atoms with E-state index in [9.17, 15) is 9.90 Å². The third kappa shape index (κ3) is 2.75. The van der Waals surface area contributed by atoms with Crippen LogP contribution < -0.4 is 10.3 Å². The van der Waals surface area contributed by atoms with E-state index in [1.54, 1.807) is 19.1 Å². The molecule has 0 amide bonds. The molecule has 2 rings (SSSR count). The van der Waals surface area contributed by atoms with Crippen molar-refractivity contribution in [1.29, 1.82) is 0 Å². The van der Waals surface area contributed by atoms with Gasteiger partial charge in [0.2, 0.25) is 4.77 Å². The highest BCUT2D eigenvalue weighted by atomic mass is 32.1. The van der Waals surface area contributed by atoms with Crippen LogP contribution in [0, 0.1) is 11.7 Å². The zero-order chi connectivity index (χ0) is 14.7. The Kier molecular flexibility index (Phi) is 3.94. The summed E-state index contributed by atoms with van der Waals surface area (Å²) in [6, 6.07) is 4.67. The molecule has 8 heteroatoms. The molecule has 0 saturated carbocycles. The van der Waals surface area contributed by atoms with E-state index in [1.807, 2.05) is 0 Å². The maximum Gasteiger partial charge on any atom is 0.296 e. The number of hydrogen-bond donors (Lipinski definition) is 2. The highest BCUT2D eigenvalue weighted by molar-refractivity contribution is 7.71. The molecule has 0 atom stereocenters. The summed E-state index contributed by atoms with van der Waals surface area (Å²) in [5.41, 5.74) is 0.220. The standard InChI is InChI=1S/C12H12N4O3S/c1-7-11(18)16(12(20)15-14-7)13-6-8-5-9(19-2)3-4-10(8)17/h3-6,17H,1-2H3,(H,15,20)/b13-6+. The third-order valence-electron chi connectivity index (χ3n) is 2.56. The van der Waals surface area contributed by atoms with Gasteiger partial charge in [0.1, 0.15) is 17.2 Å².